The summed E-state index contributed by atoms with van der Waals surface area (Å²) in [6.07, 6.45) is -0.195. The van der Waals surface area contributed by atoms with E-state index in [1.54, 1.807) is 26.8 Å². The van der Waals surface area contributed by atoms with Gasteiger partial charge in [0.25, 0.3) is 0 Å². The standard InChI is InChI=1S/C14H19FN2O3/c1-4-17(11-7-5-6-10(15)8-11)13(20)16-14(2,3)9-12(18)19/h5-8H,4,9H2,1-3H3,(H,16,20)(H,18,19). The van der Waals surface area contributed by atoms with Crippen LogP contribution in [0.15, 0.2) is 24.3 Å². The van der Waals surface area contributed by atoms with E-state index in [1.165, 1.54) is 23.1 Å². The van der Waals surface area contributed by atoms with E-state index in [1.807, 2.05) is 0 Å². The van der Waals surface area contributed by atoms with E-state index in [-0.39, 0.29) is 6.42 Å². The molecule has 6 heteroatoms. The molecule has 0 fully saturated rings. The SMILES string of the molecule is CCN(C(=O)NC(C)(C)CC(=O)O)c1cccc(F)c1. The number of carbonyl (C=O) groups excluding carboxylic acids is 1. The van der Waals surface area contributed by atoms with E-state index >= 15 is 0 Å². The molecule has 1 aromatic rings. The van der Waals surface area contributed by atoms with Gasteiger partial charge in [-0.05, 0) is 39.0 Å². The molecule has 0 saturated carbocycles. The summed E-state index contributed by atoms with van der Waals surface area (Å²) >= 11 is 0. The number of nitrogens with zero attached hydrogens (tertiary/aromatic N) is 1. The second-order valence-corrected chi connectivity index (χ2v) is 5.11. The number of hydrogen-bond donors (Lipinski definition) is 2. The molecule has 0 unspecified atom stereocenters. The first kappa shape index (κ1) is 15.9. The highest BCUT2D eigenvalue weighted by Gasteiger charge is 2.26. The normalized spacial score (nSPS) is 11.0. The van der Waals surface area contributed by atoms with Gasteiger partial charge < -0.3 is 10.4 Å². The number of aliphatic carboxylic acids is 1. The summed E-state index contributed by atoms with van der Waals surface area (Å²) in [5, 5.41) is 11.4. The maximum Gasteiger partial charge on any atom is 0.322 e. The fourth-order valence-corrected chi connectivity index (χ4v) is 1.87. The molecule has 110 valence electrons. The van der Waals surface area contributed by atoms with Crippen LogP contribution in [0.5, 0.6) is 0 Å². The van der Waals surface area contributed by atoms with Gasteiger partial charge in [-0.1, -0.05) is 6.07 Å². The van der Waals surface area contributed by atoms with Crippen molar-refractivity contribution in [1.29, 1.82) is 0 Å². The lowest BCUT2D eigenvalue weighted by Crippen LogP contribution is -2.51. The Hall–Kier alpha value is -2.11. The largest absolute Gasteiger partial charge is 0.481 e. The Balaban J connectivity index is 2.85. The monoisotopic (exact) mass is 282 g/mol. The van der Waals surface area contributed by atoms with Crippen LogP contribution in [-0.2, 0) is 4.79 Å². The van der Waals surface area contributed by atoms with Crippen LogP contribution in [0, 0.1) is 5.82 Å². The molecule has 0 aliphatic rings. The van der Waals surface area contributed by atoms with Crippen molar-refractivity contribution < 1.29 is 19.1 Å². The summed E-state index contributed by atoms with van der Waals surface area (Å²) in [7, 11) is 0. The van der Waals surface area contributed by atoms with Gasteiger partial charge in [-0.25, -0.2) is 9.18 Å². The Morgan fingerprint density at radius 3 is 2.55 bits per heavy atom. The minimum Gasteiger partial charge on any atom is -0.481 e. The Bertz CT molecular complexity index is 503. The molecule has 1 rings (SSSR count). The summed E-state index contributed by atoms with van der Waals surface area (Å²) in [6.45, 7) is 5.35. The number of benzene rings is 1. The van der Waals surface area contributed by atoms with Crippen molar-refractivity contribution in [2.75, 3.05) is 11.4 Å². The molecule has 0 heterocycles. The van der Waals surface area contributed by atoms with Crippen LogP contribution >= 0.6 is 0 Å². The summed E-state index contributed by atoms with van der Waals surface area (Å²) in [5.74, 6) is -1.43. The highest BCUT2D eigenvalue weighted by Crippen LogP contribution is 2.17. The highest BCUT2D eigenvalue weighted by molar-refractivity contribution is 5.92. The molecule has 5 nitrogen and oxygen atoms in total. The third-order valence-electron chi connectivity index (χ3n) is 2.72. The van der Waals surface area contributed by atoms with E-state index < -0.39 is 23.4 Å². The molecular weight excluding hydrogens is 263 g/mol. The van der Waals surface area contributed by atoms with Gasteiger partial charge in [-0.2, -0.15) is 0 Å². The van der Waals surface area contributed by atoms with Crippen molar-refractivity contribution in [3.05, 3.63) is 30.1 Å². The predicted octanol–water partition coefficient (Wildman–Crippen LogP) is 2.61. The molecular formula is C14H19FN2O3. The summed E-state index contributed by atoms with van der Waals surface area (Å²) < 4.78 is 13.2. The van der Waals surface area contributed by atoms with E-state index in [0.717, 1.165) is 0 Å². The van der Waals surface area contributed by atoms with Gasteiger partial charge >= 0.3 is 12.0 Å². The second kappa shape index (κ2) is 6.36. The zero-order valence-corrected chi connectivity index (χ0v) is 11.8. The first-order chi connectivity index (χ1) is 9.25. The molecule has 20 heavy (non-hydrogen) atoms. The van der Waals surface area contributed by atoms with Gasteiger partial charge in [0.1, 0.15) is 5.82 Å². The van der Waals surface area contributed by atoms with Crippen molar-refractivity contribution in [2.45, 2.75) is 32.7 Å². The van der Waals surface area contributed by atoms with Gasteiger partial charge in [-0.15, -0.1) is 0 Å². The van der Waals surface area contributed by atoms with Crippen molar-refractivity contribution in [3.8, 4) is 0 Å². The number of anilines is 1. The number of rotatable bonds is 5. The smallest absolute Gasteiger partial charge is 0.322 e. The maximum atomic E-state index is 13.2. The average molecular weight is 282 g/mol. The topological polar surface area (TPSA) is 69.6 Å². The summed E-state index contributed by atoms with van der Waals surface area (Å²) in [5.41, 5.74) is -0.458. The number of carboxylic acid groups (broad SMARTS) is 1. The number of amides is 2. The Morgan fingerprint density at radius 1 is 1.40 bits per heavy atom. The quantitative estimate of drug-likeness (QED) is 0.872. The van der Waals surface area contributed by atoms with Crippen molar-refractivity contribution >= 4 is 17.7 Å². The lowest BCUT2D eigenvalue weighted by molar-refractivity contribution is -0.138. The zero-order valence-electron chi connectivity index (χ0n) is 11.8. The first-order valence-corrected chi connectivity index (χ1v) is 6.32. The van der Waals surface area contributed by atoms with Crippen LogP contribution < -0.4 is 10.2 Å². The second-order valence-electron chi connectivity index (χ2n) is 5.11. The number of urea groups is 1. The first-order valence-electron chi connectivity index (χ1n) is 6.32. The van der Waals surface area contributed by atoms with Crippen molar-refractivity contribution in [2.24, 2.45) is 0 Å². The molecule has 0 bridgehead atoms. The number of hydrogen-bond acceptors (Lipinski definition) is 2. The van der Waals surface area contributed by atoms with E-state index in [2.05, 4.69) is 5.32 Å². The molecule has 0 aliphatic heterocycles. The molecule has 1 aromatic carbocycles. The number of carboxylic acids is 1. The van der Waals surface area contributed by atoms with Gasteiger partial charge in [0.2, 0.25) is 0 Å². The van der Waals surface area contributed by atoms with Crippen LogP contribution in [0.2, 0.25) is 0 Å². The number of halogens is 1. The minimum atomic E-state index is -0.996. The Kier molecular flexibility index (Phi) is 5.07. The number of nitrogens with one attached hydrogen (secondary N) is 1. The molecule has 0 radical (unpaired) electrons. The molecule has 0 aliphatic carbocycles. The lowest BCUT2D eigenvalue weighted by atomic mass is 10.0. The lowest BCUT2D eigenvalue weighted by Gasteiger charge is -2.29. The van der Waals surface area contributed by atoms with Gasteiger partial charge in [-0.3, -0.25) is 9.69 Å². The van der Waals surface area contributed by atoms with Crippen LogP contribution in [0.3, 0.4) is 0 Å². The van der Waals surface area contributed by atoms with Gasteiger partial charge in [0.05, 0.1) is 6.42 Å². The van der Waals surface area contributed by atoms with Crippen LogP contribution in [0.25, 0.3) is 0 Å². The highest BCUT2D eigenvalue weighted by atomic mass is 19.1. The third-order valence-corrected chi connectivity index (χ3v) is 2.72. The maximum absolute atomic E-state index is 13.2. The number of carbonyl (C=O) groups is 2. The molecule has 2 N–H and O–H groups in total. The van der Waals surface area contributed by atoms with Crippen LogP contribution in [0.4, 0.5) is 14.9 Å². The fraction of sp³-hybridized carbons (Fsp3) is 0.429. The fourth-order valence-electron chi connectivity index (χ4n) is 1.87. The Morgan fingerprint density at radius 2 is 2.05 bits per heavy atom. The summed E-state index contributed by atoms with van der Waals surface area (Å²) in [4.78, 5) is 24.3. The van der Waals surface area contributed by atoms with Gasteiger partial charge in [0.15, 0.2) is 0 Å². The van der Waals surface area contributed by atoms with Crippen molar-refractivity contribution in [1.82, 2.24) is 5.32 Å². The molecule has 0 aromatic heterocycles. The Labute approximate surface area is 117 Å². The summed E-state index contributed by atoms with van der Waals surface area (Å²) in [6, 6.07) is 5.24. The predicted molar refractivity (Wildman–Crippen MR) is 74.3 cm³/mol. The molecule has 0 saturated heterocycles. The molecule has 0 spiro atoms. The van der Waals surface area contributed by atoms with E-state index in [4.69, 9.17) is 5.11 Å². The van der Waals surface area contributed by atoms with Crippen LogP contribution in [0.1, 0.15) is 27.2 Å². The third kappa shape index (κ3) is 4.53. The zero-order chi connectivity index (χ0) is 15.3. The average Bonchev–Trinajstić information content (AvgIpc) is 2.26. The molecule has 0 atom stereocenters. The molecule has 2 amide bonds. The van der Waals surface area contributed by atoms with Gasteiger partial charge in [0, 0.05) is 17.8 Å². The van der Waals surface area contributed by atoms with E-state index in [0.29, 0.717) is 12.2 Å². The van der Waals surface area contributed by atoms with Crippen molar-refractivity contribution in [3.63, 3.8) is 0 Å². The van der Waals surface area contributed by atoms with E-state index in [9.17, 15) is 14.0 Å². The minimum absolute atomic E-state index is 0.195. The van der Waals surface area contributed by atoms with Crippen LogP contribution in [-0.4, -0.2) is 29.2 Å².